The Balaban J connectivity index is 1.72. The van der Waals surface area contributed by atoms with Gasteiger partial charge in [-0.05, 0) is 43.4 Å². The normalized spacial score (nSPS) is 32.6. The van der Waals surface area contributed by atoms with Crippen LogP contribution in [0.5, 0.6) is 0 Å². The lowest BCUT2D eigenvalue weighted by molar-refractivity contribution is -0.102. The Morgan fingerprint density at radius 2 is 2.16 bits per heavy atom. The summed E-state index contributed by atoms with van der Waals surface area (Å²) in [6, 6.07) is 8.29. The van der Waals surface area contributed by atoms with E-state index in [2.05, 4.69) is 31.2 Å². The first-order chi connectivity index (χ1) is 9.19. The summed E-state index contributed by atoms with van der Waals surface area (Å²) >= 11 is 1.98. The van der Waals surface area contributed by atoms with Gasteiger partial charge in [-0.15, -0.1) is 0 Å². The lowest BCUT2D eigenvalue weighted by Crippen LogP contribution is -2.41. The first-order valence-electron chi connectivity index (χ1n) is 7.15. The molecule has 19 heavy (non-hydrogen) atoms. The van der Waals surface area contributed by atoms with E-state index in [1.165, 1.54) is 11.3 Å². The third-order valence-electron chi connectivity index (χ3n) is 4.46. The summed E-state index contributed by atoms with van der Waals surface area (Å²) in [4.78, 5) is 0. The van der Waals surface area contributed by atoms with E-state index in [0.29, 0.717) is 5.92 Å². The van der Waals surface area contributed by atoms with Crippen LogP contribution in [0.1, 0.15) is 36.5 Å². The van der Waals surface area contributed by atoms with Gasteiger partial charge in [-0.2, -0.15) is 11.8 Å². The van der Waals surface area contributed by atoms with Gasteiger partial charge in [-0.25, -0.2) is 0 Å². The number of thioether (sulfide) groups is 1. The fourth-order valence-corrected chi connectivity index (χ4v) is 4.61. The summed E-state index contributed by atoms with van der Waals surface area (Å²) in [6.07, 6.45) is 2.79. The molecule has 2 saturated heterocycles. The topological polar surface area (TPSA) is 29.5 Å². The fraction of sp³-hybridized carbons (Fsp3) is 0.625. The maximum Gasteiger partial charge on any atom is 0.0820 e. The molecule has 2 aliphatic rings. The minimum atomic E-state index is -0.341. The largest absolute Gasteiger partial charge is 0.388 e. The molecule has 2 fully saturated rings. The molecule has 2 heterocycles. The van der Waals surface area contributed by atoms with Gasteiger partial charge in [0.2, 0.25) is 0 Å². The van der Waals surface area contributed by atoms with Crippen molar-refractivity contribution in [2.45, 2.75) is 37.9 Å². The third-order valence-corrected chi connectivity index (χ3v) is 5.69. The standard InChI is InChI=1S/C16H22O2S/c1-12-2-4-13(5-3-12)15(17)14-6-8-18-16(10-14)7-9-19-11-16/h2-5,14-15,17H,6-11H2,1H3. The molecule has 0 bridgehead atoms. The van der Waals surface area contributed by atoms with E-state index < -0.39 is 0 Å². The van der Waals surface area contributed by atoms with Gasteiger partial charge in [0, 0.05) is 12.4 Å². The summed E-state index contributed by atoms with van der Waals surface area (Å²) in [7, 11) is 0. The Kier molecular flexibility index (Phi) is 3.88. The van der Waals surface area contributed by atoms with Crippen LogP contribution in [0.3, 0.4) is 0 Å². The van der Waals surface area contributed by atoms with E-state index >= 15 is 0 Å². The van der Waals surface area contributed by atoms with Crippen LogP contribution >= 0.6 is 11.8 Å². The average molecular weight is 278 g/mol. The van der Waals surface area contributed by atoms with Gasteiger partial charge in [0.25, 0.3) is 0 Å². The molecule has 0 aromatic heterocycles. The van der Waals surface area contributed by atoms with Crippen molar-refractivity contribution in [3.05, 3.63) is 35.4 Å². The minimum Gasteiger partial charge on any atom is -0.388 e. The van der Waals surface area contributed by atoms with Gasteiger partial charge in [0.1, 0.15) is 0 Å². The van der Waals surface area contributed by atoms with Crippen LogP contribution in [0.15, 0.2) is 24.3 Å². The predicted octanol–water partition coefficient (Wildman–Crippen LogP) is 3.33. The number of aliphatic hydroxyl groups excluding tert-OH is 1. The molecule has 2 nitrogen and oxygen atoms in total. The van der Waals surface area contributed by atoms with Crippen LogP contribution < -0.4 is 0 Å². The molecule has 3 atom stereocenters. The number of hydrogen-bond donors (Lipinski definition) is 1. The Bertz CT molecular complexity index is 423. The molecule has 0 amide bonds. The van der Waals surface area contributed by atoms with Gasteiger partial charge in [-0.1, -0.05) is 29.8 Å². The third kappa shape index (κ3) is 2.83. The molecule has 0 radical (unpaired) electrons. The minimum absolute atomic E-state index is 0.0548. The number of aliphatic hydroxyl groups is 1. The van der Waals surface area contributed by atoms with Crippen LogP contribution in [0.4, 0.5) is 0 Å². The lowest BCUT2D eigenvalue weighted by Gasteiger charge is -2.39. The quantitative estimate of drug-likeness (QED) is 0.900. The van der Waals surface area contributed by atoms with Crippen molar-refractivity contribution in [2.24, 2.45) is 5.92 Å². The summed E-state index contributed by atoms with van der Waals surface area (Å²) in [5.74, 6) is 2.65. The Labute approximate surface area is 119 Å². The van der Waals surface area contributed by atoms with Crippen molar-refractivity contribution in [1.29, 1.82) is 0 Å². The molecule has 1 N–H and O–H groups in total. The smallest absolute Gasteiger partial charge is 0.0820 e. The van der Waals surface area contributed by atoms with E-state index in [4.69, 9.17) is 4.74 Å². The first-order valence-corrected chi connectivity index (χ1v) is 8.30. The summed E-state index contributed by atoms with van der Waals surface area (Å²) in [6.45, 7) is 2.88. The van der Waals surface area contributed by atoms with Gasteiger partial charge in [0.15, 0.2) is 0 Å². The molecule has 104 valence electrons. The van der Waals surface area contributed by atoms with Crippen molar-refractivity contribution < 1.29 is 9.84 Å². The second-order valence-electron chi connectivity index (χ2n) is 5.94. The van der Waals surface area contributed by atoms with E-state index in [9.17, 15) is 5.11 Å². The highest BCUT2D eigenvalue weighted by atomic mass is 32.2. The molecule has 1 aromatic carbocycles. The predicted molar refractivity (Wildman–Crippen MR) is 79.5 cm³/mol. The highest BCUT2D eigenvalue weighted by Gasteiger charge is 2.42. The monoisotopic (exact) mass is 278 g/mol. The number of aryl methyl sites for hydroxylation is 1. The number of ether oxygens (including phenoxy) is 1. The Morgan fingerprint density at radius 3 is 2.84 bits per heavy atom. The van der Waals surface area contributed by atoms with E-state index in [0.717, 1.165) is 37.2 Å². The van der Waals surface area contributed by atoms with Gasteiger partial charge in [0.05, 0.1) is 11.7 Å². The molecular weight excluding hydrogens is 256 g/mol. The highest BCUT2D eigenvalue weighted by Crippen LogP contribution is 2.43. The van der Waals surface area contributed by atoms with Gasteiger partial charge >= 0.3 is 0 Å². The maximum absolute atomic E-state index is 10.6. The van der Waals surface area contributed by atoms with Crippen molar-refractivity contribution >= 4 is 11.8 Å². The maximum atomic E-state index is 10.6. The lowest BCUT2D eigenvalue weighted by atomic mass is 9.80. The molecule has 0 saturated carbocycles. The number of rotatable bonds is 2. The molecule has 3 unspecified atom stereocenters. The van der Waals surface area contributed by atoms with Gasteiger partial charge < -0.3 is 9.84 Å². The Hall–Kier alpha value is -0.510. The zero-order valence-electron chi connectivity index (χ0n) is 11.5. The van der Waals surface area contributed by atoms with E-state index in [1.54, 1.807) is 0 Å². The van der Waals surface area contributed by atoms with Crippen LogP contribution in [0.25, 0.3) is 0 Å². The molecule has 2 aliphatic heterocycles. The van der Waals surface area contributed by atoms with Crippen molar-refractivity contribution in [1.82, 2.24) is 0 Å². The molecule has 1 spiro atoms. The summed E-state index contributed by atoms with van der Waals surface area (Å²) in [5.41, 5.74) is 2.35. The van der Waals surface area contributed by atoms with Crippen molar-refractivity contribution in [2.75, 3.05) is 18.1 Å². The van der Waals surface area contributed by atoms with E-state index in [1.807, 2.05) is 11.8 Å². The molecule has 1 aromatic rings. The zero-order chi connectivity index (χ0) is 13.3. The second-order valence-corrected chi connectivity index (χ2v) is 7.05. The zero-order valence-corrected chi connectivity index (χ0v) is 12.3. The van der Waals surface area contributed by atoms with E-state index in [-0.39, 0.29) is 11.7 Å². The number of benzene rings is 1. The Morgan fingerprint density at radius 1 is 1.37 bits per heavy atom. The average Bonchev–Trinajstić information content (AvgIpc) is 2.87. The SMILES string of the molecule is Cc1ccc(C(O)C2CCOC3(CCSC3)C2)cc1. The summed E-state index contributed by atoms with van der Waals surface area (Å²) < 4.78 is 6.03. The number of hydrogen-bond acceptors (Lipinski definition) is 3. The molecule has 3 heteroatoms. The molecule has 0 aliphatic carbocycles. The van der Waals surface area contributed by atoms with Gasteiger partial charge in [-0.3, -0.25) is 0 Å². The van der Waals surface area contributed by atoms with Crippen molar-refractivity contribution in [3.8, 4) is 0 Å². The first kappa shape index (κ1) is 13.5. The van der Waals surface area contributed by atoms with Crippen LogP contribution in [-0.4, -0.2) is 28.8 Å². The second kappa shape index (κ2) is 5.47. The van der Waals surface area contributed by atoms with Crippen LogP contribution in [0, 0.1) is 12.8 Å². The fourth-order valence-electron chi connectivity index (χ4n) is 3.23. The molecular formula is C16H22O2S. The highest BCUT2D eigenvalue weighted by molar-refractivity contribution is 7.99. The van der Waals surface area contributed by atoms with Crippen LogP contribution in [0.2, 0.25) is 0 Å². The summed E-state index contributed by atoms with van der Waals surface area (Å²) in [5, 5.41) is 10.6. The van der Waals surface area contributed by atoms with Crippen molar-refractivity contribution in [3.63, 3.8) is 0 Å². The molecule has 3 rings (SSSR count). The van der Waals surface area contributed by atoms with Crippen LogP contribution in [-0.2, 0) is 4.74 Å².